The summed E-state index contributed by atoms with van der Waals surface area (Å²) in [5.41, 5.74) is -0.873. The minimum atomic E-state index is -0.881. The highest BCUT2D eigenvalue weighted by atomic mass is 35.5. The molecule has 0 aliphatic carbocycles. The van der Waals surface area contributed by atoms with Gasteiger partial charge in [0.2, 0.25) is 5.91 Å². The number of nitro groups is 1. The van der Waals surface area contributed by atoms with E-state index < -0.39 is 22.3 Å². The maximum absolute atomic E-state index is 13.1. The molecule has 8 heteroatoms. The molecule has 1 aliphatic heterocycles. The van der Waals surface area contributed by atoms with Crippen LogP contribution >= 0.6 is 11.6 Å². The van der Waals surface area contributed by atoms with Crippen LogP contribution in [0.2, 0.25) is 5.02 Å². The van der Waals surface area contributed by atoms with Crippen LogP contribution in [-0.2, 0) is 9.59 Å². The number of ketones is 1. The summed E-state index contributed by atoms with van der Waals surface area (Å²) in [5, 5.41) is 10.6. The Morgan fingerprint density at radius 3 is 2.56 bits per heavy atom. The van der Waals surface area contributed by atoms with E-state index >= 15 is 0 Å². The van der Waals surface area contributed by atoms with E-state index in [0.717, 1.165) is 11.0 Å². The van der Waals surface area contributed by atoms with E-state index in [-0.39, 0.29) is 29.5 Å². The summed E-state index contributed by atoms with van der Waals surface area (Å²) < 4.78 is 13.1. The van der Waals surface area contributed by atoms with Gasteiger partial charge in [-0.3, -0.25) is 24.6 Å². The van der Waals surface area contributed by atoms with Gasteiger partial charge in [0.1, 0.15) is 11.5 Å². The summed E-state index contributed by atoms with van der Waals surface area (Å²) in [5.74, 6) is -1.83. The third kappa shape index (κ3) is 2.04. The molecule has 1 saturated heterocycles. The summed E-state index contributed by atoms with van der Waals surface area (Å²) in [7, 11) is 0. The number of carbonyl (C=O) groups is 2. The lowest BCUT2D eigenvalue weighted by Crippen LogP contribution is -2.25. The first-order chi connectivity index (χ1) is 8.40. The van der Waals surface area contributed by atoms with Crippen LogP contribution in [0.1, 0.15) is 6.42 Å². The molecular formula is C10H6ClFN2O4. The number of anilines is 1. The third-order valence-corrected chi connectivity index (χ3v) is 2.75. The van der Waals surface area contributed by atoms with Gasteiger partial charge in [0.15, 0.2) is 5.78 Å². The topological polar surface area (TPSA) is 80.5 Å². The number of hydrogen-bond acceptors (Lipinski definition) is 4. The van der Waals surface area contributed by atoms with Gasteiger partial charge < -0.3 is 0 Å². The quantitative estimate of drug-likeness (QED) is 0.466. The number of hydrogen-bond donors (Lipinski definition) is 0. The molecule has 18 heavy (non-hydrogen) atoms. The standard InChI is InChI=1S/C10H6ClFN2O4/c11-7-1-5(12)2-8(14(17)18)10(7)13-4-6(15)3-9(13)16/h1-2H,3-4H2. The van der Waals surface area contributed by atoms with Crippen molar-refractivity contribution in [1.29, 1.82) is 0 Å². The zero-order valence-corrected chi connectivity index (χ0v) is 9.61. The first kappa shape index (κ1) is 12.4. The number of Topliss-reactive ketones (excluding diaryl/α,β-unsaturated/α-hetero) is 1. The highest BCUT2D eigenvalue weighted by Gasteiger charge is 2.35. The minimum Gasteiger partial charge on any atom is -0.297 e. The number of carbonyl (C=O) groups excluding carboxylic acids is 2. The predicted molar refractivity (Wildman–Crippen MR) is 60.0 cm³/mol. The maximum Gasteiger partial charge on any atom is 0.297 e. The smallest absolute Gasteiger partial charge is 0.297 e. The molecule has 0 spiro atoms. The van der Waals surface area contributed by atoms with E-state index in [2.05, 4.69) is 0 Å². The zero-order chi connectivity index (χ0) is 13.4. The van der Waals surface area contributed by atoms with Gasteiger partial charge in [0.05, 0.1) is 29.0 Å². The molecule has 0 radical (unpaired) electrons. The van der Waals surface area contributed by atoms with Gasteiger partial charge in [-0.1, -0.05) is 11.6 Å². The summed E-state index contributed by atoms with van der Waals surface area (Å²) in [6.07, 6.45) is -0.329. The van der Waals surface area contributed by atoms with Gasteiger partial charge in [-0.2, -0.15) is 0 Å². The fourth-order valence-electron chi connectivity index (χ4n) is 1.75. The Morgan fingerprint density at radius 1 is 1.39 bits per heavy atom. The first-order valence-electron chi connectivity index (χ1n) is 4.85. The van der Waals surface area contributed by atoms with Gasteiger partial charge >= 0.3 is 0 Å². The van der Waals surface area contributed by atoms with Crippen molar-refractivity contribution in [1.82, 2.24) is 0 Å². The number of nitrogens with zero attached hydrogens (tertiary/aromatic N) is 2. The van der Waals surface area contributed by atoms with Gasteiger partial charge in [0, 0.05) is 0 Å². The molecule has 0 saturated carbocycles. The molecule has 1 amide bonds. The Labute approximate surface area is 105 Å². The van der Waals surface area contributed by atoms with E-state index in [1.165, 1.54) is 0 Å². The molecule has 6 nitrogen and oxygen atoms in total. The van der Waals surface area contributed by atoms with Crippen molar-refractivity contribution in [2.45, 2.75) is 6.42 Å². The Balaban J connectivity index is 2.59. The molecule has 0 N–H and O–H groups in total. The van der Waals surface area contributed by atoms with Crippen LogP contribution < -0.4 is 4.90 Å². The Morgan fingerprint density at radius 2 is 2.06 bits per heavy atom. The molecule has 1 aromatic rings. The Bertz CT molecular complexity index is 575. The van der Waals surface area contributed by atoms with Gasteiger partial charge in [0.25, 0.3) is 5.69 Å². The number of nitro benzene ring substituents is 1. The average molecular weight is 273 g/mol. The molecule has 1 heterocycles. The monoisotopic (exact) mass is 272 g/mol. The van der Waals surface area contributed by atoms with Crippen LogP contribution in [0.4, 0.5) is 15.8 Å². The molecule has 1 aromatic carbocycles. The molecule has 0 aromatic heterocycles. The lowest BCUT2D eigenvalue weighted by atomic mass is 10.2. The first-order valence-corrected chi connectivity index (χ1v) is 5.23. The maximum atomic E-state index is 13.1. The van der Waals surface area contributed by atoms with E-state index in [9.17, 15) is 24.1 Å². The van der Waals surface area contributed by atoms with Crippen LogP contribution in [0.25, 0.3) is 0 Å². The van der Waals surface area contributed by atoms with Crippen molar-refractivity contribution in [2.24, 2.45) is 0 Å². The highest BCUT2D eigenvalue weighted by Crippen LogP contribution is 2.38. The summed E-state index contributed by atoms with van der Waals surface area (Å²) >= 11 is 5.72. The zero-order valence-electron chi connectivity index (χ0n) is 8.85. The summed E-state index contributed by atoms with van der Waals surface area (Å²) in [6, 6.07) is 1.53. The minimum absolute atomic E-state index is 0.237. The Kier molecular flexibility index (Phi) is 3.00. The fourth-order valence-corrected chi connectivity index (χ4v) is 2.05. The van der Waals surface area contributed by atoms with Crippen molar-refractivity contribution in [3.05, 3.63) is 33.1 Å². The van der Waals surface area contributed by atoms with Crippen molar-refractivity contribution in [3.8, 4) is 0 Å². The van der Waals surface area contributed by atoms with Crippen molar-refractivity contribution >= 4 is 34.7 Å². The summed E-state index contributed by atoms with van der Waals surface area (Å²) in [6.45, 7) is -0.287. The van der Waals surface area contributed by atoms with Gasteiger partial charge in [-0.05, 0) is 6.07 Å². The van der Waals surface area contributed by atoms with Crippen molar-refractivity contribution < 1.29 is 18.9 Å². The molecule has 94 valence electrons. The van der Waals surface area contributed by atoms with Gasteiger partial charge in [-0.15, -0.1) is 0 Å². The SMILES string of the molecule is O=C1CC(=O)N(c2c(Cl)cc(F)cc2[N+](=O)[O-])C1. The molecular weight excluding hydrogens is 267 g/mol. The molecule has 2 rings (SSSR count). The second-order valence-electron chi connectivity index (χ2n) is 3.71. The largest absolute Gasteiger partial charge is 0.297 e. The average Bonchev–Trinajstić information content (AvgIpc) is 2.56. The van der Waals surface area contributed by atoms with E-state index in [0.29, 0.717) is 6.07 Å². The van der Waals surface area contributed by atoms with Crippen LogP contribution in [0.3, 0.4) is 0 Å². The lowest BCUT2D eigenvalue weighted by Gasteiger charge is -2.16. The number of benzene rings is 1. The van der Waals surface area contributed by atoms with E-state index in [4.69, 9.17) is 11.6 Å². The second-order valence-corrected chi connectivity index (χ2v) is 4.11. The molecule has 0 unspecified atom stereocenters. The van der Waals surface area contributed by atoms with E-state index in [1.54, 1.807) is 0 Å². The predicted octanol–water partition coefficient (Wildman–Crippen LogP) is 1.69. The van der Waals surface area contributed by atoms with Crippen molar-refractivity contribution in [2.75, 3.05) is 11.4 Å². The van der Waals surface area contributed by atoms with Gasteiger partial charge in [-0.25, -0.2) is 4.39 Å². The van der Waals surface area contributed by atoms with Crippen LogP contribution in [-0.4, -0.2) is 23.2 Å². The summed E-state index contributed by atoms with van der Waals surface area (Å²) in [4.78, 5) is 33.6. The lowest BCUT2D eigenvalue weighted by molar-refractivity contribution is -0.384. The second kappa shape index (κ2) is 4.34. The van der Waals surface area contributed by atoms with E-state index in [1.807, 2.05) is 0 Å². The van der Waals surface area contributed by atoms with Crippen LogP contribution in [0.15, 0.2) is 12.1 Å². The van der Waals surface area contributed by atoms with Crippen molar-refractivity contribution in [3.63, 3.8) is 0 Å². The molecule has 0 bridgehead atoms. The van der Waals surface area contributed by atoms with Crippen LogP contribution in [0.5, 0.6) is 0 Å². The highest BCUT2D eigenvalue weighted by molar-refractivity contribution is 6.35. The Hall–Kier alpha value is -2.02. The third-order valence-electron chi connectivity index (χ3n) is 2.46. The molecule has 1 aliphatic rings. The normalized spacial score (nSPS) is 15.3. The van der Waals surface area contributed by atoms with Crippen LogP contribution in [0, 0.1) is 15.9 Å². The molecule has 1 fully saturated rings. The molecule has 0 atom stereocenters. The number of amides is 1. The number of rotatable bonds is 2. The number of halogens is 2. The fraction of sp³-hybridized carbons (Fsp3) is 0.200.